The van der Waals surface area contributed by atoms with Crippen molar-refractivity contribution in [3.05, 3.63) is 0 Å². The molecular weight excluding hydrogens is 176 g/mol. The third-order valence-electron chi connectivity index (χ3n) is 2.79. The predicted octanol–water partition coefficient (Wildman–Crippen LogP) is 3.44. The van der Waals surface area contributed by atoms with Crippen molar-refractivity contribution in [3.63, 3.8) is 0 Å². The van der Waals surface area contributed by atoms with Crippen LogP contribution in [0.25, 0.3) is 0 Å². The second kappa shape index (κ2) is 5.81. The Bertz CT molecular complexity index is 129. The van der Waals surface area contributed by atoms with E-state index < -0.39 is 8.07 Å². The van der Waals surface area contributed by atoms with Gasteiger partial charge >= 0.3 is 0 Å². The first-order valence-electron chi connectivity index (χ1n) is 5.61. The molecule has 1 N–H and O–H groups in total. The molecule has 2 atom stereocenters. The zero-order chi connectivity index (χ0) is 10.5. The standard InChI is InChI=1S/C11H26OSi/c1-6-8-9-10(7-2)11(12)13(3,4)5/h10-12H,6-9H2,1-5H3. The molecule has 0 aliphatic rings. The van der Waals surface area contributed by atoms with E-state index in [1.54, 1.807) is 0 Å². The molecule has 0 spiro atoms. The maximum Gasteiger partial charge on any atom is 0.0785 e. The number of unbranched alkanes of at least 4 members (excludes halogenated alkanes) is 1. The van der Waals surface area contributed by atoms with Crippen LogP contribution < -0.4 is 0 Å². The summed E-state index contributed by atoms with van der Waals surface area (Å²) >= 11 is 0. The van der Waals surface area contributed by atoms with Crippen LogP contribution in [0, 0.1) is 5.92 Å². The molecule has 0 aromatic rings. The molecule has 0 amide bonds. The monoisotopic (exact) mass is 202 g/mol. The second-order valence-corrected chi connectivity index (χ2v) is 10.4. The number of aliphatic hydroxyl groups is 1. The van der Waals surface area contributed by atoms with Crippen LogP contribution in [0.3, 0.4) is 0 Å². The molecule has 2 unspecified atom stereocenters. The van der Waals surface area contributed by atoms with Gasteiger partial charge in [0.1, 0.15) is 0 Å². The van der Waals surface area contributed by atoms with E-state index in [0.29, 0.717) is 5.92 Å². The van der Waals surface area contributed by atoms with Crippen LogP contribution in [0.1, 0.15) is 39.5 Å². The quantitative estimate of drug-likeness (QED) is 0.654. The summed E-state index contributed by atoms with van der Waals surface area (Å²) in [7, 11) is -1.34. The van der Waals surface area contributed by atoms with Crippen molar-refractivity contribution >= 4 is 8.07 Å². The Hall–Kier alpha value is 0.177. The fraction of sp³-hybridized carbons (Fsp3) is 1.00. The molecule has 0 fully saturated rings. The topological polar surface area (TPSA) is 20.2 Å². The molecule has 1 nitrogen and oxygen atoms in total. The molecule has 0 saturated heterocycles. The Balaban J connectivity index is 4.07. The first-order chi connectivity index (χ1) is 5.93. The fourth-order valence-corrected chi connectivity index (χ4v) is 3.58. The lowest BCUT2D eigenvalue weighted by molar-refractivity contribution is 0.161. The summed E-state index contributed by atoms with van der Waals surface area (Å²) in [5.41, 5.74) is -0.0101. The molecule has 0 aromatic heterocycles. The minimum absolute atomic E-state index is 0.0101. The Labute approximate surface area is 84.6 Å². The van der Waals surface area contributed by atoms with Gasteiger partial charge in [-0.3, -0.25) is 0 Å². The molecule has 0 radical (unpaired) electrons. The zero-order valence-corrected chi connectivity index (χ0v) is 10.9. The molecule has 0 heterocycles. The van der Waals surface area contributed by atoms with E-state index in [1.807, 2.05) is 0 Å². The van der Waals surface area contributed by atoms with Crippen molar-refractivity contribution < 1.29 is 5.11 Å². The average molecular weight is 202 g/mol. The van der Waals surface area contributed by atoms with E-state index in [0.717, 1.165) is 6.42 Å². The van der Waals surface area contributed by atoms with E-state index in [-0.39, 0.29) is 5.73 Å². The van der Waals surface area contributed by atoms with Crippen molar-refractivity contribution in [2.24, 2.45) is 5.92 Å². The first-order valence-corrected chi connectivity index (χ1v) is 9.19. The molecule has 0 saturated carbocycles. The Morgan fingerprint density at radius 2 is 1.69 bits per heavy atom. The SMILES string of the molecule is CCCCC(CC)C(O)[Si](C)(C)C. The van der Waals surface area contributed by atoms with Crippen LogP contribution in [0.4, 0.5) is 0 Å². The minimum atomic E-state index is -1.34. The number of hydrogen-bond donors (Lipinski definition) is 1. The zero-order valence-electron chi connectivity index (χ0n) is 9.93. The molecule has 0 aromatic carbocycles. The molecule has 2 heteroatoms. The Kier molecular flexibility index (Phi) is 5.89. The van der Waals surface area contributed by atoms with Gasteiger partial charge in [0, 0.05) is 5.73 Å². The average Bonchev–Trinajstić information content (AvgIpc) is 2.04. The third kappa shape index (κ3) is 4.82. The van der Waals surface area contributed by atoms with Crippen LogP contribution in [0.5, 0.6) is 0 Å². The summed E-state index contributed by atoms with van der Waals surface area (Å²) in [6.45, 7) is 11.2. The summed E-state index contributed by atoms with van der Waals surface area (Å²) in [6, 6.07) is 0. The lowest BCUT2D eigenvalue weighted by Crippen LogP contribution is -2.43. The van der Waals surface area contributed by atoms with Gasteiger partial charge in [-0.1, -0.05) is 52.8 Å². The van der Waals surface area contributed by atoms with Crippen molar-refractivity contribution in [2.45, 2.75) is 64.9 Å². The Morgan fingerprint density at radius 1 is 1.15 bits per heavy atom. The highest BCUT2D eigenvalue weighted by atomic mass is 28.3. The fourth-order valence-electron chi connectivity index (χ4n) is 1.76. The molecule has 0 bridgehead atoms. The lowest BCUT2D eigenvalue weighted by atomic mass is 10.0. The van der Waals surface area contributed by atoms with Gasteiger partial charge < -0.3 is 5.11 Å². The summed E-state index contributed by atoms with van der Waals surface area (Å²) in [5, 5.41) is 10.1. The summed E-state index contributed by atoms with van der Waals surface area (Å²) in [4.78, 5) is 0. The number of aliphatic hydroxyl groups excluding tert-OH is 1. The van der Waals surface area contributed by atoms with E-state index in [9.17, 15) is 5.11 Å². The van der Waals surface area contributed by atoms with Gasteiger partial charge in [0.15, 0.2) is 0 Å². The maximum absolute atomic E-state index is 10.1. The molecular formula is C11H26OSi. The van der Waals surface area contributed by atoms with Crippen molar-refractivity contribution in [1.82, 2.24) is 0 Å². The van der Waals surface area contributed by atoms with Crippen LogP contribution in [0.15, 0.2) is 0 Å². The highest BCUT2D eigenvalue weighted by Gasteiger charge is 2.30. The van der Waals surface area contributed by atoms with Gasteiger partial charge in [-0.15, -0.1) is 0 Å². The molecule has 80 valence electrons. The largest absolute Gasteiger partial charge is 0.396 e. The Morgan fingerprint density at radius 3 is 2.00 bits per heavy atom. The molecule has 0 aliphatic heterocycles. The van der Waals surface area contributed by atoms with Crippen LogP contribution in [-0.4, -0.2) is 18.9 Å². The normalized spacial score (nSPS) is 17.1. The summed E-state index contributed by atoms with van der Waals surface area (Å²) < 4.78 is 0. The minimum Gasteiger partial charge on any atom is -0.396 e. The van der Waals surface area contributed by atoms with Crippen LogP contribution >= 0.6 is 0 Å². The van der Waals surface area contributed by atoms with Gasteiger partial charge in [-0.2, -0.15) is 0 Å². The molecule has 0 aliphatic carbocycles. The molecule has 13 heavy (non-hydrogen) atoms. The van der Waals surface area contributed by atoms with Gasteiger partial charge in [0.25, 0.3) is 0 Å². The van der Waals surface area contributed by atoms with Crippen molar-refractivity contribution in [1.29, 1.82) is 0 Å². The van der Waals surface area contributed by atoms with E-state index in [1.165, 1.54) is 19.3 Å². The van der Waals surface area contributed by atoms with E-state index >= 15 is 0 Å². The number of hydrogen-bond acceptors (Lipinski definition) is 1. The van der Waals surface area contributed by atoms with Gasteiger partial charge in [-0.25, -0.2) is 0 Å². The van der Waals surface area contributed by atoms with Crippen molar-refractivity contribution in [2.75, 3.05) is 0 Å². The van der Waals surface area contributed by atoms with Gasteiger partial charge in [-0.05, 0) is 12.3 Å². The number of rotatable bonds is 6. The van der Waals surface area contributed by atoms with Gasteiger partial charge in [0.2, 0.25) is 0 Å². The highest BCUT2D eigenvalue weighted by Crippen LogP contribution is 2.23. The van der Waals surface area contributed by atoms with Crippen molar-refractivity contribution in [3.8, 4) is 0 Å². The van der Waals surface area contributed by atoms with Crippen LogP contribution in [-0.2, 0) is 0 Å². The summed E-state index contributed by atoms with van der Waals surface area (Å²) in [5.74, 6) is 0.548. The van der Waals surface area contributed by atoms with Gasteiger partial charge in [0.05, 0.1) is 8.07 Å². The summed E-state index contributed by atoms with van der Waals surface area (Å²) in [6.07, 6.45) is 4.85. The van der Waals surface area contributed by atoms with E-state index in [4.69, 9.17) is 0 Å². The van der Waals surface area contributed by atoms with E-state index in [2.05, 4.69) is 33.5 Å². The second-order valence-electron chi connectivity index (χ2n) is 5.12. The molecule has 0 rings (SSSR count). The van der Waals surface area contributed by atoms with Crippen LogP contribution in [0.2, 0.25) is 19.6 Å². The third-order valence-corrected chi connectivity index (χ3v) is 5.03. The predicted molar refractivity (Wildman–Crippen MR) is 62.7 cm³/mol. The highest BCUT2D eigenvalue weighted by molar-refractivity contribution is 6.77. The first kappa shape index (κ1) is 13.2. The maximum atomic E-state index is 10.1. The lowest BCUT2D eigenvalue weighted by Gasteiger charge is -2.31. The smallest absolute Gasteiger partial charge is 0.0785 e.